The van der Waals surface area contributed by atoms with Gasteiger partial charge in [-0.05, 0) is 37.3 Å². The molecule has 86 valence electrons. The molecule has 1 aliphatic rings. The first-order chi connectivity index (χ1) is 7.66. The van der Waals surface area contributed by atoms with Crippen LogP contribution in [0.25, 0.3) is 0 Å². The van der Waals surface area contributed by atoms with Crippen LogP contribution in [0.3, 0.4) is 0 Å². The molecule has 0 aliphatic heterocycles. The number of sulfone groups is 1. The zero-order valence-electron chi connectivity index (χ0n) is 9.17. The first kappa shape index (κ1) is 11.4. The van der Waals surface area contributed by atoms with E-state index in [0.29, 0.717) is 10.8 Å². The summed E-state index contributed by atoms with van der Waals surface area (Å²) in [5, 5.41) is -0.158. The molecule has 0 unspecified atom stereocenters. The summed E-state index contributed by atoms with van der Waals surface area (Å²) >= 11 is 0. The average Bonchev–Trinajstić information content (AvgIpc) is 3.07. The third kappa shape index (κ3) is 2.19. The Labute approximate surface area is 96.9 Å². The number of hydrogen-bond donors (Lipinski definition) is 0. The van der Waals surface area contributed by atoms with Gasteiger partial charge in [0.05, 0.1) is 10.1 Å². The normalized spacial score (nSPS) is 24.0. The van der Waals surface area contributed by atoms with Crippen LogP contribution in [0.4, 0.5) is 0 Å². The quantitative estimate of drug-likeness (QED) is 0.737. The van der Waals surface area contributed by atoms with Gasteiger partial charge in [-0.1, -0.05) is 24.3 Å². The highest BCUT2D eigenvalue weighted by Crippen LogP contribution is 2.43. The predicted octanol–water partition coefficient (Wildman–Crippen LogP) is 2.82. The zero-order valence-corrected chi connectivity index (χ0v) is 9.99. The highest BCUT2D eigenvalue weighted by Gasteiger charge is 2.46. The average molecular weight is 236 g/mol. The molecule has 3 heteroatoms. The molecule has 1 aliphatic carbocycles. The van der Waals surface area contributed by atoms with E-state index in [0.717, 1.165) is 19.3 Å². The molecule has 1 aromatic rings. The van der Waals surface area contributed by atoms with Crippen molar-refractivity contribution in [1.29, 1.82) is 0 Å². The smallest absolute Gasteiger partial charge is 0.181 e. The fourth-order valence-electron chi connectivity index (χ4n) is 2.02. The number of benzene rings is 1. The number of hydrogen-bond acceptors (Lipinski definition) is 2. The van der Waals surface area contributed by atoms with Gasteiger partial charge < -0.3 is 0 Å². The Morgan fingerprint density at radius 2 is 2.00 bits per heavy atom. The summed E-state index contributed by atoms with van der Waals surface area (Å²) in [5.74, 6) is 0.336. The molecule has 0 spiro atoms. The lowest BCUT2D eigenvalue weighted by Gasteiger charge is -2.02. The fraction of sp³-hybridized carbons (Fsp3) is 0.385. The molecule has 0 radical (unpaired) electrons. The summed E-state index contributed by atoms with van der Waals surface area (Å²) in [6.45, 7) is 3.66. The molecule has 2 nitrogen and oxygen atoms in total. The Kier molecular flexibility index (Phi) is 3.15. The fourth-order valence-corrected chi connectivity index (χ4v) is 4.05. The Balaban J connectivity index is 2.09. The highest BCUT2D eigenvalue weighted by molar-refractivity contribution is 7.92. The molecule has 0 saturated heterocycles. The van der Waals surface area contributed by atoms with Gasteiger partial charge in [-0.3, -0.25) is 0 Å². The minimum absolute atomic E-state index is 0.158. The SMILES string of the molecule is C=CCC[C@@H]1C[C@H]1S(=O)(=O)c1ccccc1. The van der Waals surface area contributed by atoms with Crippen molar-refractivity contribution in [1.82, 2.24) is 0 Å². The van der Waals surface area contributed by atoms with E-state index in [1.54, 1.807) is 24.3 Å². The van der Waals surface area contributed by atoms with Gasteiger partial charge in [0.1, 0.15) is 0 Å². The van der Waals surface area contributed by atoms with Crippen LogP contribution in [-0.4, -0.2) is 13.7 Å². The standard InChI is InChI=1S/C13H16O2S/c1-2-3-7-11-10-13(11)16(14,15)12-8-5-4-6-9-12/h2,4-6,8-9,11,13H,1,3,7,10H2/t11-,13-/m1/s1. The van der Waals surface area contributed by atoms with E-state index in [9.17, 15) is 8.42 Å². The van der Waals surface area contributed by atoms with Crippen LogP contribution in [0.15, 0.2) is 47.9 Å². The summed E-state index contributed by atoms with van der Waals surface area (Å²) in [5.41, 5.74) is 0. The molecular formula is C13H16O2S. The third-order valence-corrected chi connectivity index (χ3v) is 5.37. The van der Waals surface area contributed by atoms with Crippen LogP contribution in [0.1, 0.15) is 19.3 Å². The lowest BCUT2D eigenvalue weighted by Crippen LogP contribution is -2.09. The molecule has 0 amide bonds. The van der Waals surface area contributed by atoms with Gasteiger partial charge in [0.2, 0.25) is 0 Å². The molecule has 0 aromatic heterocycles. The Bertz CT molecular complexity index is 462. The van der Waals surface area contributed by atoms with Crippen molar-refractivity contribution in [2.45, 2.75) is 29.4 Å². The summed E-state index contributed by atoms with van der Waals surface area (Å²) in [4.78, 5) is 0.459. The molecule has 1 saturated carbocycles. The number of rotatable bonds is 5. The second kappa shape index (κ2) is 4.42. The van der Waals surface area contributed by atoms with Gasteiger partial charge >= 0.3 is 0 Å². The van der Waals surface area contributed by atoms with E-state index < -0.39 is 9.84 Å². The van der Waals surface area contributed by atoms with Crippen molar-refractivity contribution in [3.63, 3.8) is 0 Å². The molecule has 1 fully saturated rings. The minimum atomic E-state index is -3.08. The van der Waals surface area contributed by atoms with E-state index in [-0.39, 0.29) is 5.25 Å². The molecule has 16 heavy (non-hydrogen) atoms. The van der Waals surface area contributed by atoms with Crippen molar-refractivity contribution >= 4 is 9.84 Å². The third-order valence-electron chi connectivity index (χ3n) is 3.07. The van der Waals surface area contributed by atoms with Gasteiger partial charge in [0, 0.05) is 0 Å². The summed E-state index contributed by atoms with van der Waals surface area (Å²) in [6, 6.07) is 8.74. The van der Waals surface area contributed by atoms with Crippen LogP contribution in [0, 0.1) is 5.92 Å². The van der Waals surface area contributed by atoms with Crippen molar-refractivity contribution in [2.24, 2.45) is 5.92 Å². The first-order valence-electron chi connectivity index (χ1n) is 5.56. The molecule has 1 aromatic carbocycles. The van der Waals surface area contributed by atoms with Crippen LogP contribution < -0.4 is 0 Å². The second-order valence-corrected chi connectivity index (χ2v) is 6.43. The van der Waals surface area contributed by atoms with Crippen molar-refractivity contribution in [3.8, 4) is 0 Å². The van der Waals surface area contributed by atoms with Crippen molar-refractivity contribution < 1.29 is 8.42 Å². The summed E-state index contributed by atoms with van der Waals surface area (Å²) in [7, 11) is -3.08. The molecular weight excluding hydrogens is 220 g/mol. The van der Waals surface area contributed by atoms with E-state index in [1.807, 2.05) is 12.1 Å². The molecule has 0 bridgehead atoms. The monoisotopic (exact) mass is 236 g/mol. The highest BCUT2D eigenvalue weighted by atomic mass is 32.2. The van der Waals surface area contributed by atoms with Gasteiger partial charge in [-0.2, -0.15) is 0 Å². The van der Waals surface area contributed by atoms with Crippen molar-refractivity contribution in [2.75, 3.05) is 0 Å². The maximum absolute atomic E-state index is 12.1. The summed E-state index contributed by atoms with van der Waals surface area (Å²) < 4.78 is 24.3. The number of allylic oxidation sites excluding steroid dienone is 1. The largest absolute Gasteiger partial charge is 0.223 e. The van der Waals surface area contributed by atoms with Gasteiger partial charge in [0.15, 0.2) is 9.84 Å². The minimum Gasteiger partial charge on any atom is -0.223 e. The van der Waals surface area contributed by atoms with E-state index in [4.69, 9.17) is 0 Å². The van der Waals surface area contributed by atoms with Gasteiger partial charge in [-0.15, -0.1) is 6.58 Å². The topological polar surface area (TPSA) is 34.1 Å². The summed E-state index contributed by atoms with van der Waals surface area (Å²) in [6.07, 6.45) is 4.52. The van der Waals surface area contributed by atoms with Crippen LogP contribution >= 0.6 is 0 Å². The molecule has 2 rings (SSSR count). The zero-order chi connectivity index (χ0) is 11.6. The van der Waals surface area contributed by atoms with E-state index in [2.05, 4.69) is 6.58 Å². The molecule has 0 heterocycles. The predicted molar refractivity (Wildman–Crippen MR) is 65.0 cm³/mol. The Morgan fingerprint density at radius 1 is 1.31 bits per heavy atom. The van der Waals surface area contributed by atoms with Gasteiger partial charge in [-0.25, -0.2) is 8.42 Å². The lowest BCUT2D eigenvalue weighted by molar-refractivity contribution is 0.590. The van der Waals surface area contributed by atoms with Gasteiger partial charge in [0.25, 0.3) is 0 Å². The van der Waals surface area contributed by atoms with Crippen LogP contribution in [0.2, 0.25) is 0 Å². The lowest BCUT2D eigenvalue weighted by atomic mass is 10.2. The maximum atomic E-state index is 12.1. The molecule has 2 atom stereocenters. The maximum Gasteiger partial charge on any atom is 0.181 e. The first-order valence-corrected chi connectivity index (χ1v) is 7.10. The molecule has 0 N–H and O–H groups in total. The van der Waals surface area contributed by atoms with Crippen molar-refractivity contribution in [3.05, 3.63) is 43.0 Å². The Hall–Kier alpha value is -1.09. The Morgan fingerprint density at radius 3 is 2.62 bits per heavy atom. The second-order valence-electron chi connectivity index (χ2n) is 4.26. The van der Waals surface area contributed by atoms with Crippen LogP contribution in [-0.2, 0) is 9.84 Å². The van der Waals surface area contributed by atoms with E-state index >= 15 is 0 Å². The van der Waals surface area contributed by atoms with Crippen LogP contribution in [0.5, 0.6) is 0 Å². The van der Waals surface area contributed by atoms with E-state index in [1.165, 1.54) is 0 Å².